The number of aryl methyl sites for hydroxylation is 1. The molecule has 1 aromatic carbocycles. The summed E-state index contributed by atoms with van der Waals surface area (Å²) >= 11 is 0. The van der Waals surface area contributed by atoms with Crippen molar-refractivity contribution in [3.63, 3.8) is 0 Å². The summed E-state index contributed by atoms with van der Waals surface area (Å²) in [7, 11) is -3.48. The molecule has 2 N–H and O–H groups in total. The number of carbonyl (C=O) groups excluding carboxylic acids is 1. The van der Waals surface area contributed by atoms with Crippen molar-refractivity contribution in [3.05, 3.63) is 41.7 Å². The van der Waals surface area contributed by atoms with Gasteiger partial charge in [-0.05, 0) is 63.4 Å². The van der Waals surface area contributed by atoms with Crippen molar-refractivity contribution in [1.29, 1.82) is 0 Å². The van der Waals surface area contributed by atoms with Crippen LogP contribution in [0.4, 0.5) is 5.95 Å². The van der Waals surface area contributed by atoms with Gasteiger partial charge in [-0.3, -0.25) is 9.69 Å². The lowest BCUT2D eigenvalue weighted by Gasteiger charge is -2.38. The number of imidazole rings is 1. The number of piperidine rings is 2. The third-order valence-electron chi connectivity index (χ3n) is 7.35. The maximum Gasteiger partial charge on any atom is 0.228 e. The number of benzene rings is 1. The Morgan fingerprint density at radius 3 is 2.36 bits per heavy atom. The Labute approximate surface area is 211 Å². The average Bonchev–Trinajstić information content (AvgIpc) is 3.25. The Bertz CT molecular complexity index is 1350. The highest BCUT2D eigenvalue weighted by atomic mass is 32.2. The van der Waals surface area contributed by atoms with Crippen LogP contribution in [0.25, 0.3) is 11.0 Å². The van der Waals surface area contributed by atoms with Crippen LogP contribution in [0.5, 0.6) is 0 Å². The van der Waals surface area contributed by atoms with Crippen LogP contribution < -0.4 is 5.73 Å². The summed E-state index contributed by atoms with van der Waals surface area (Å²) in [5, 5.41) is 0.117. The first-order valence-electron chi connectivity index (χ1n) is 12.5. The third-order valence-corrected chi connectivity index (χ3v) is 8.31. The van der Waals surface area contributed by atoms with E-state index in [1.54, 1.807) is 12.4 Å². The minimum atomic E-state index is -3.48. The molecule has 4 heterocycles. The summed E-state index contributed by atoms with van der Waals surface area (Å²) in [6.07, 6.45) is 7.81. The molecule has 0 spiro atoms. The van der Waals surface area contributed by atoms with E-state index in [0.717, 1.165) is 49.1 Å². The number of aromatic nitrogens is 4. The van der Waals surface area contributed by atoms with Crippen LogP contribution in [-0.4, -0.2) is 76.1 Å². The van der Waals surface area contributed by atoms with E-state index in [2.05, 4.69) is 19.9 Å². The van der Waals surface area contributed by atoms with Crippen molar-refractivity contribution < 1.29 is 13.2 Å². The van der Waals surface area contributed by atoms with Crippen LogP contribution in [0.15, 0.2) is 35.7 Å². The van der Waals surface area contributed by atoms with E-state index in [1.807, 2.05) is 34.6 Å². The standard InChI is InChI=1S/C25H33N7O3S/c1-17-3-4-22-21(13-17)29-25(36(2,34)35)32(22)20-7-11-31(12-8-20)23(33)19-5-9-30(10-6-19)16-18-14-27-24(26)28-15-18/h3-4,13-15,19-20H,5-12,16H2,1-2H3,(H2,26,27,28). The summed E-state index contributed by atoms with van der Waals surface area (Å²) in [6.45, 7) is 5.69. The molecule has 0 bridgehead atoms. The lowest BCUT2D eigenvalue weighted by molar-refractivity contribution is -0.138. The number of hydrogen-bond donors (Lipinski definition) is 1. The maximum atomic E-state index is 13.3. The number of carbonyl (C=O) groups is 1. The van der Waals surface area contributed by atoms with Crippen molar-refractivity contribution in [1.82, 2.24) is 29.3 Å². The fraction of sp³-hybridized carbons (Fsp3) is 0.520. The van der Waals surface area contributed by atoms with Crippen LogP contribution in [0.1, 0.15) is 42.9 Å². The number of hydrogen-bond acceptors (Lipinski definition) is 8. The van der Waals surface area contributed by atoms with E-state index >= 15 is 0 Å². The fourth-order valence-electron chi connectivity index (χ4n) is 5.45. The SMILES string of the molecule is Cc1ccc2c(c1)nc(S(C)(=O)=O)n2C1CCN(C(=O)C2CCN(Cc3cnc(N)nc3)CC2)CC1. The van der Waals surface area contributed by atoms with Crippen LogP contribution in [0, 0.1) is 12.8 Å². The van der Waals surface area contributed by atoms with Gasteiger partial charge in [-0.1, -0.05) is 6.07 Å². The van der Waals surface area contributed by atoms with E-state index in [0.29, 0.717) is 31.4 Å². The van der Waals surface area contributed by atoms with E-state index in [4.69, 9.17) is 5.73 Å². The smallest absolute Gasteiger partial charge is 0.228 e. The topological polar surface area (TPSA) is 127 Å². The third kappa shape index (κ3) is 5.08. The normalized spacial score (nSPS) is 18.7. The minimum Gasteiger partial charge on any atom is -0.368 e. The van der Waals surface area contributed by atoms with Gasteiger partial charge in [-0.2, -0.15) is 0 Å². The first-order chi connectivity index (χ1) is 17.2. The Kier molecular flexibility index (Phi) is 6.69. The van der Waals surface area contributed by atoms with Gasteiger partial charge >= 0.3 is 0 Å². The molecule has 10 nitrogen and oxygen atoms in total. The first kappa shape index (κ1) is 24.6. The minimum absolute atomic E-state index is 0.00421. The maximum absolute atomic E-state index is 13.3. The van der Waals surface area contributed by atoms with Gasteiger partial charge in [0.2, 0.25) is 26.8 Å². The number of nitrogens with two attached hydrogens (primary N) is 1. The van der Waals surface area contributed by atoms with Gasteiger partial charge in [0.05, 0.1) is 11.0 Å². The second kappa shape index (κ2) is 9.78. The highest BCUT2D eigenvalue weighted by Crippen LogP contribution is 2.32. The van der Waals surface area contributed by atoms with Crippen LogP contribution in [-0.2, 0) is 21.2 Å². The molecule has 192 valence electrons. The van der Waals surface area contributed by atoms with Crippen LogP contribution in [0.3, 0.4) is 0 Å². The second-order valence-electron chi connectivity index (χ2n) is 10.1. The number of anilines is 1. The molecule has 0 aliphatic carbocycles. The molecule has 3 aromatic rings. The predicted octanol–water partition coefficient (Wildman–Crippen LogP) is 2.20. The van der Waals surface area contributed by atoms with E-state index < -0.39 is 9.84 Å². The Hall–Kier alpha value is -3.05. The highest BCUT2D eigenvalue weighted by molar-refractivity contribution is 7.90. The zero-order valence-electron chi connectivity index (χ0n) is 20.8. The zero-order chi connectivity index (χ0) is 25.4. The number of sulfone groups is 1. The molecular weight excluding hydrogens is 478 g/mol. The second-order valence-corrected chi connectivity index (χ2v) is 12.0. The van der Waals surface area contributed by atoms with E-state index in [9.17, 15) is 13.2 Å². The van der Waals surface area contributed by atoms with Gasteiger partial charge in [-0.15, -0.1) is 0 Å². The molecule has 11 heteroatoms. The number of nitrogen functional groups attached to an aromatic ring is 1. The Morgan fingerprint density at radius 1 is 1.06 bits per heavy atom. The molecule has 2 saturated heterocycles. The number of amides is 1. The first-order valence-corrected chi connectivity index (χ1v) is 14.3. The Morgan fingerprint density at radius 2 is 1.72 bits per heavy atom. The lowest BCUT2D eigenvalue weighted by atomic mass is 9.93. The predicted molar refractivity (Wildman–Crippen MR) is 137 cm³/mol. The number of fused-ring (bicyclic) bond motifs is 1. The van der Waals surface area contributed by atoms with Crippen molar-refractivity contribution in [3.8, 4) is 0 Å². The van der Waals surface area contributed by atoms with Gasteiger partial charge in [0, 0.05) is 55.8 Å². The quantitative estimate of drug-likeness (QED) is 0.552. The molecule has 2 aromatic heterocycles. The van der Waals surface area contributed by atoms with Crippen LogP contribution in [0.2, 0.25) is 0 Å². The zero-order valence-corrected chi connectivity index (χ0v) is 21.6. The monoisotopic (exact) mass is 511 g/mol. The number of likely N-dealkylation sites (tertiary alicyclic amines) is 2. The highest BCUT2D eigenvalue weighted by Gasteiger charge is 2.33. The molecule has 2 fully saturated rings. The molecule has 5 rings (SSSR count). The van der Waals surface area contributed by atoms with Gasteiger partial charge in [0.25, 0.3) is 0 Å². The molecule has 0 radical (unpaired) electrons. The van der Waals surface area contributed by atoms with Gasteiger partial charge in [-0.25, -0.2) is 23.4 Å². The molecule has 2 aliphatic rings. The van der Waals surface area contributed by atoms with Gasteiger partial charge < -0.3 is 15.2 Å². The van der Waals surface area contributed by atoms with Gasteiger partial charge in [0.1, 0.15) is 0 Å². The summed E-state index contributed by atoms with van der Waals surface area (Å²) in [5.41, 5.74) is 9.17. The number of nitrogens with zero attached hydrogens (tertiary/aromatic N) is 6. The molecule has 0 atom stereocenters. The van der Waals surface area contributed by atoms with Gasteiger partial charge in [0.15, 0.2) is 0 Å². The van der Waals surface area contributed by atoms with Crippen molar-refractivity contribution >= 4 is 32.7 Å². The van der Waals surface area contributed by atoms with E-state index in [1.165, 1.54) is 6.26 Å². The molecule has 0 saturated carbocycles. The molecule has 2 aliphatic heterocycles. The molecule has 1 amide bonds. The summed E-state index contributed by atoms with van der Waals surface area (Å²) in [4.78, 5) is 30.1. The van der Waals surface area contributed by atoms with Crippen molar-refractivity contribution in [2.75, 3.05) is 38.2 Å². The summed E-state index contributed by atoms with van der Waals surface area (Å²) in [6, 6.07) is 5.85. The van der Waals surface area contributed by atoms with Crippen molar-refractivity contribution in [2.45, 2.75) is 50.4 Å². The number of rotatable bonds is 5. The molecule has 0 unspecified atom stereocenters. The summed E-state index contributed by atoms with van der Waals surface area (Å²) < 4.78 is 26.9. The fourth-order valence-corrected chi connectivity index (χ4v) is 6.32. The van der Waals surface area contributed by atoms with Crippen molar-refractivity contribution in [2.24, 2.45) is 5.92 Å². The molecule has 36 heavy (non-hydrogen) atoms. The summed E-state index contributed by atoms with van der Waals surface area (Å²) in [5.74, 6) is 0.526. The average molecular weight is 512 g/mol. The molecular formula is C25H33N7O3S. The lowest BCUT2D eigenvalue weighted by Crippen LogP contribution is -2.45. The van der Waals surface area contributed by atoms with E-state index in [-0.39, 0.29) is 29.0 Å². The Balaban J connectivity index is 1.20. The van der Waals surface area contributed by atoms with Crippen LogP contribution >= 0.6 is 0 Å². The largest absolute Gasteiger partial charge is 0.368 e.